The maximum absolute atomic E-state index is 11.4. The van der Waals surface area contributed by atoms with Gasteiger partial charge in [-0.3, -0.25) is 0 Å². The van der Waals surface area contributed by atoms with Crippen molar-refractivity contribution in [2.24, 2.45) is 0 Å². The molecule has 2 aromatic rings. The van der Waals surface area contributed by atoms with E-state index in [2.05, 4.69) is 4.57 Å². The molecule has 4 heteroatoms. The number of alkyl halides is 1. The van der Waals surface area contributed by atoms with Crippen molar-refractivity contribution in [2.45, 2.75) is 13.0 Å². The average molecular weight is 252 g/mol. The fourth-order valence-electron chi connectivity index (χ4n) is 1.87. The molecular weight excluding hydrogens is 238 g/mol. The smallest absolute Gasteiger partial charge is 0.337 e. The van der Waals surface area contributed by atoms with Crippen LogP contribution in [0.15, 0.2) is 30.5 Å². The van der Waals surface area contributed by atoms with E-state index in [0.717, 1.165) is 23.9 Å². The highest BCUT2D eigenvalue weighted by atomic mass is 35.5. The van der Waals surface area contributed by atoms with Crippen LogP contribution >= 0.6 is 11.6 Å². The van der Waals surface area contributed by atoms with E-state index in [9.17, 15) is 4.79 Å². The molecule has 0 fully saturated rings. The molecule has 0 atom stereocenters. The second-order valence-corrected chi connectivity index (χ2v) is 4.19. The summed E-state index contributed by atoms with van der Waals surface area (Å²) in [7, 11) is 1.39. The van der Waals surface area contributed by atoms with Crippen molar-refractivity contribution < 1.29 is 9.53 Å². The Balaban J connectivity index is 2.34. The van der Waals surface area contributed by atoms with Crippen LogP contribution in [0.4, 0.5) is 0 Å². The van der Waals surface area contributed by atoms with E-state index in [1.807, 2.05) is 24.4 Å². The molecule has 0 aliphatic carbocycles. The van der Waals surface area contributed by atoms with Gasteiger partial charge in [0, 0.05) is 29.5 Å². The van der Waals surface area contributed by atoms with Crippen molar-refractivity contribution >= 4 is 28.5 Å². The number of rotatable bonds is 4. The third kappa shape index (κ3) is 2.44. The molecule has 0 unspecified atom stereocenters. The van der Waals surface area contributed by atoms with Crippen molar-refractivity contribution in [3.8, 4) is 0 Å². The van der Waals surface area contributed by atoms with Gasteiger partial charge >= 0.3 is 5.97 Å². The number of carbonyl (C=O) groups excluding carboxylic acids is 1. The molecule has 90 valence electrons. The first kappa shape index (κ1) is 12.0. The number of aromatic nitrogens is 1. The number of hydrogen-bond donors (Lipinski definition) is 0. The maximum atomic E-state index is 11.4. The first-order valence-electron chi connectivity index (χ1n) is 5.49. The minimum absolute atomic E-state index is 0.305. The van der Waals surface area contributed by atoms with Crippen LogP contribution in [0.2, 0.25) is 0 Å². The number of hydrogen-bond acceptors (Lipinski definition) is 2. The molecule has 17 heavy (non-hydrogen) atoms. The van der Waals surface area contributed by atoms with E-state index in [0.29, 0.717) is 11.4 Å². The van der Waals surface area contributed by atoms with E-state index >= 15 is 0 Å². The number of carbonyl (C=O) groups is 1. The number of fused-ring (bicyclic) bond motifs is 1. The average Bonchev–Trinajstić information content (AvgIpc) is 2.77. The van der Waals surface area contributed by atoms with Crippen LogP contribution in [0, 0.1) is 0 Å². The fourth-order valence-corrected chi connectivity index (χ4v) is 1.99. The van der Waals surface area contributed by atoms with Gasteiger partial charge in [0.1, 0.15) is 0 Å². The summed E-state index contributed by atoms with van der Waals surface area (Å²) in [5.41, 5.74) is 1.69. The first-order chi connectivity index (χ1) is 8.26. The van der Waals surface area contributed by atoms with Crippen LogP contribution in [-0.2, 0) is 11.3 Å². The van der Waals surface area contributed by atoms with Crippen LogP contribution in [0.5, 0.6) is 0 Å². The van der Waals surface area contributed by atoms with Crippen LogP contribution in [0.1, 0.15) is 16.8 Å². The number of benzene rings is 1. The van der Waals surface area contributed by atoms with Crippen LogP contribution < -0.4 is 0 Å². The van der Waals surface area contributed by atoms with Crippen molar-refractivity contribution in [3.63, 3.8) is 0 Å². The highest BCUT2D eigenvalue weighted by molar-refractivity contribution is 6.17. The molecule has 0 saturated heterocycles. The molecular formula is C13H14ClNO2. The van der Waals surface area contributed by atoms with Gasteiger partial charge in [0.2, 0.25) is 0 Å². The summed E-state index contributed by atoms with van der Waals surface area (Å²) in [5.74, 6) is 0.348. The fraction of sp³-hybridized carbons (Fsp3) is 0.308. The van der Waals surface area contributed by atoms with Gasteiger partial charge in [-0.2, -0.15) is 0 Å². The summed E-state index contributed by atoms with van der Waals surface area (Å²) >= 11 is 5.68. The maximum Gasteiger partial charge on any atom is 0.337 e. The third-order valence-corrected chi connectivity index (χ3v) is 2.99. The molecule has 3 nitrogen and oxygen atoms in total. The summed E-state index contributed by atoms with van der Waals surface area (Å²) in [6.07, 6.45) is 2.95. The Bertz CT molecular complexity index is 533. The second-order valence-electron chi connectivity index (χ2n) is 3.82. The van der Waals surface area contributed by atoms with Gasteiger partial charge in [0.05, 0.1) is 12.7 Å². The standard InChI is InChI=1S/C13H14ClNO2/c1-17-13(16)11-3-4-12-10(9-11)5-8-15(12)7-2-6-14/h3-5,8-9H,2,6-7H2,1H3. The Morgan fingerprint density at radius 1 is 1.41 bits per heavy atom. The lowest BCUT2D eigenvalue weighted by Crippen LogP contribution is -2.01. The largest absolute Gasteiger partial charge is 0.465 e. The molecule has 2 rings (SSSR count). The van der Waals surface area contributed by atoms with Gasteiger partial charge in [0.25, 0.3) is 0 Å². The predicted octanol–water partition coefficient (Wildman–Crippen LogP) is 3.06. The zero-order valence-corrected chi connectivity index (χ0v) is 10.4. The lowest BCUT2D eigenvalue weighted by Gasteiger charge is -2.04. The van der Waals surface area contributed by atoms with Crippen molar-refractivity contribution in [2.75, 3.05) is 13.0 Å². The second kappa shape index (κ2) is 5.23. The lowest BCUT2D eigenvalue weighted by atomic mass is 10.1. The van der Waals surface area contributed by atoms with E-state index in [1.165, 1.54) is 7.11 Å². The van der Waals surface area contributed by atoms with Gasteiger partial charge in [-0.1, -0.05) is 0 Å². The highest BCUT2D eigenvalue weighted by Crippen LogP contribution is 2.18. The van der Waals surface area contributed by atoms with Crippen molar-refractivity contribution in [1.82, 2.24) is 4.57 Å². The first-order valence-corrected chi connectivity index (χ1v) is 6.03. The molecule has 0 N–H and O–H groups in total. The molecule has 0 saturated carbocycles. The van der Waals surface area contributed by atoms with Gasteiger partial charge in [-0.05, 0) is 30.7 Å². The number of nitrogens with zero attached hydrogens (tertiary/aromatic N) is 1. The van der Waals surface area contributed by atoms with Crippen LogP contribution in [-0.4, -0.2) is 23.5 Å². The van der Waals surface area contributed by atoms with Gasteiger partial charge in [0.15, 0.2) is 0 Å². The number of ether oxygens (including phenoxy) is 1. The zero-order valence-electron chi connectivity index (χ0n) is 9.65. The Morgan fingerprint density at radius 3 is 2.94 bits per heavy atom. The molecule has 1 aromatic carbocycles. The van der Waals surface area contributed by atoms with Gasteiger partial charge < -0.3 is 9.30 Å². The Hall–Kier alpha value is -1.48. The number of aryl methyl sites for hydroxylation is 1. The zero-order chi connectivity index (χ0) is 12.3. The number of esters is 1. The Morgan fingerprint density at radius 2 is 2.24 bits per heavy atom. The summed E-state index contributed by atoms with van der Waals surface area (Å²) in [6, 6.07) is 7.57. The Labute approximate surface area is 105 Å². The summed E-state index contributed by atoms with van der Waals surface area (Å²) < 4.78 is 6.83. The molecule has 1 heterocycles. The van der Waals surface area contributed by atoms with Gasteiger partial charge in [-0.25, -0.2) is 4.79 Å². The topological polar surface area (TPSA) is 31.2 Å². The summed E-state index contributed by atoms with van der Waals surface area (Å²) in [4.78, 5) is 11.4. The summed E-state index contributed by atoms with van der Waals surface area (Å²) in [6.45, 7) is 0.893. The highest BCUT2D eigenvalue weighted by Gasteiger charge is 2.07. The molecule has 0 bridgehead atoms. The van der Waals surface area contributed by atoms with Crippen LogP contribution in [0.3, 0.4) is 0 Å². The minimum atomic E-state index is -0.305. The van der Waals surface area contributed by atoms with Crippen LogP contribution in [0.25, 0.3) is 10.9 Å². The molecule has 0 radical (unpaired) electrons. The summed E-state index contributed by atoms with van der Waals surface area (Å²) in [5, 5.41) is 1.04. The number of halogens is 1. The lowest BCUT2D eigenvalue weighted by molar-refractivity contribution is 0.0601. The Kier molecular flexibility index (Phi) is 3.69. The molecule has 0 aliphatic heterocycles. The molecule has 1 aromatic heterocycles. The van der Waals surface area contributed by atoms with Crippen molar-refractivity contribution in [3.05, 3.63) is 36.0 Å². The van der Waals surface area contributed by atoms with E-state index in [1.54, 1.807) is 6.07 Å². The molecule has 0 spiro atoms. The predicted molar refractivity (Wildman–Crippen MR) is 68.6 cm³/mol. The van der Waals surface area contributed by atoms with E-state index < -0.39 is 0 Å². The molecule has 0 amide bonds. The molecule has 0 aliphatic rings. The SMILES string of the molecule is COC(=O)c1ccc2c(ccn2CCCCl)c1. The number of methoxy groups -OCH3 is 1. The van der Waals surface area contributed by atoms with E-state index in [4.69, 9.17) is 16.3 Å². The quantitative estimate of drug-likeness (QED) is 0.618. The van der Waals surface area contributed by atoms with Gasteiger partial charge in [-0.15, -0.1) is 11.6 Å². The monoisotopic (exact) mass is 251 g/mol. The minimum Gasteiger partial charge on any atom is -0.465 e. The van der Waals surface area contributed by atoms with E-state index in [-0.39, 0.29) is 5.97 Å². The third-order valence-electron chi connectivity index (χ3n) is 2.72. The normalized spacial score (nSPS) is 10.7. The van der Waals surface area contributed by atoms with Crippen molar-refractivity contribution in [1.29, 1.82) is 0 Å².